The number of halogens is 1. The largest absolute Gasteiger partial charge is 0.420 e. The van der Waals surface area contributed by atoms with Gasteiger partial charge < -0.3 is 14.1 Å². The summed E-state index contributed by atoms with van der Waals surface area (Å²) in [4.78, 5) is 15.0. The zero-order valence-electron chi connectivity index (χ0n) is 18.3. The average Bonchev–Trinajstić information content (AvgIpc) is 3.42. The van der Waals surface area contributed by atoms with Crippen LogP contribution in [0, 0.1) is 25.1 Å². The van der Waals surface area contributed by atoms with Crippen molar-refractivity contribution in [3.63, 3.8) is 0 Å². The van der Waals surface area contributed by atoms with E-state index in [-0.39, 0.29) is 23.1 Å². The van der Waals surface area contributed by atoms with E-state index in [0.29, 0.717) is 49.2 Å². The molecule has 0 aliphatic carbocycles. The van der Waals surface area contributed by atoms with Crippen LogP contribution in [0.5, 0.6) is 0 Å². The van der Waals surface area contributed by atoms with Crippen LogP contribution in [0.25, 0.3) is 11.5 Å². The van der Waals surface area contributed by atoms with Crippen LogP contribution >= 0.6 is 0 Å². The molecule has 1 spiro atoms. The van der Waals surface area contributed by atoms with Gasteiger partial charge in [-0.05, 0) is 56.5 Å². The molecule has 2 fully saturated rings. The maximum Gasteiger partial charge on any atom is 0.253 e. The summed E-state index contributed by atoms with van der Waals surface area (Å²) in [6.07, 6.45) is 1.62. The van der Waals surface area contributed by atoms with Crippen LogP contribution in [0.3, 0.4) is 0 Å². The number of aromatic nitrogens is 2. The summed E-state index contributed by atoms with van der Waals surface area (Å²) >= 11 is 0. The first-order valence-electron chi connectivity index (χ1n) is 11.0. The number of hydrogen-bond donors (Lipinski definition) is 0. The number of rotatable bonds is 3. The highest BCUT2D eigenvalue weighted by Gasteiger charge is 2.51. The van der Waals surface area contributed by atoms with Crippen LogP contribution in [-0.2, 0) is 4.74 Å². The van der Waals surface area contributed by atoms with Gasteiger partial charge in [0.15, 0.2) is 0 Å². The lowest BCUT2D eigenvalue weighted by molar-refractivity contribution is 0.00908. The van der Waals surface area contributed by atoms with Gasteiger partial charge in [0.1, 0.15) is 5.82 Å². The maximum absolute atomic E-state index is 14.1. The standard InChI is InChI=1S/C25H26FN3O3/c1-16-3-6-18(7-4-16)22-27-28-23(32-22)20-14-29(15-25(20)9-11-31-12-10-25)24(30)19-8-5-17(2)21(26)13-19/h3-8,13,20H,9-12,14-15H2,1-2H3. The first kappa shape index (κ1) is 20.8. The molecule has 1 unspecified atom stereocenters. The number of amides is 1. The topological polar surface area (TPSA) is 68.5 Å². The van der Waals surface area contributed by atoms with Crippen molar-refractivity contribution in [1.29, 1.82) is 0 Å². The Morgan fingerprint density at radius 2 is 1.84 bits per heavy atom. The molecule has 0 saturated carbocycles. The van der Waals surface area contributed by atoms with Crippen molar-refractivity contribution in [1.82, 2.24) is 15.1 Å². The first-order valence-corrected chi connectivity index (χ1v) is 11.0. The zero-order valence-corrected chi connectivity index (χ0v) is 18.3. The number of carbonyl (C=O) groups is 1. The van der Waals surface area contributed by atoms with E-state index in [1.165, 1.54) is 6.07 Å². The van der Waals surface area contributed by atoms with Crippen molar-refractivity contribution in [2.24, 2.45) is 5.41 Å². The Bertz CT molecular complexity index is 1140. The summed E-state index contributed by atoms with van der Waals surface area (Å²) in [7, 11) is 0. The van der Waals surface area contributed by atoms with Gasteiger partial charge in [0.25, 0.3) is 5.91 Å². The van der Waals surface area contributed by atoms with Crippen LogP contribution in [-0.4, -0.2) is 47.3 Å². The molecular formula is C25H26FN3O3. The molecule has 3 heterocycles. The van der Waals surface area contributed by atoms with E-state index in [0.717, 1.165) is 24.0 Å². The van der Waals surface area contributed by atoms with E-state index >= 15 is 0 Å². The Balaban J connectivity index is 1.45. The van der Waals surface area contributed by atoms with Crippen LogP contribution < -0.4 is 0 Å². The number of benzene rings is 2. The van der Waals surface area contributed by atoms with Crippen molar-refractivity contribution < 1.29 is 18.3 Å². The van der Waals surface area contributed by atoms with E-state index in [4.69, 9.17) is 9.15 Å². The van der Waals surface area contributed by atoms with Crippen LogP contribution in [0.1, 0.15) is 46.1 Å². The molecule has 1 atom stereocenters. The highest BCUT2D eigenvalue weighted by atomic mass is 19.1. The monoisotopic (exact) mass is 435 g/mol. The number of nitrogens with zero attached hydrogens (tertiary/aromatic N) is 3. The molecule has 5 rings (SSSR count). The maximum atomic E-state index is 14.1. The van der Waals surface area contributed by atoms with Crippen molar-refractivity contribution in [2.75, 3.05) is 26.3 Å². The highest BCUT2D eigenvalue weighted by Crippen LogP contribution is 2.49. The number of hydrogen-bond acceptors (Lipinski definition) is 5. The van der Waals surface area contributed by atoms with E-state index in [9.17, 15) is 9.18 Å². The SMILES string of the molecule is Cc1ccc(-c2nnc(C3CN(C(=O)c4ccc(C)c(F)c4)CC34CCOCC4)o2)cc1. The molecule has 0 bridgehead atoms. The molecule has 2 saturated heterocycles. The van der Waals surface area contributed by atoms with Crippen LogP contribution in [0.2, 0.25) is 0 Å². The summed E-state index contributed by atoms with van der Waals surface area (Å²) in [5.41, 5.74) is 2.73. The zero-order chi connectivity index (χ0) is 22.3. The Kier molecular flexibility index (Phi) is 5.29. The Labute approximate surface area is 186 Å². The number of carbonyl (C=O) groups excluding carboxylic acids is 1. The van der Waals surface area contributed by atoms with Gasteiger partial charge in [0.2, 0.25) is 11.8 Å². The minimum atomic E-state index is -0.369. The third kappa shape index (κ3) is 3.71. The predicted octanol–water partition coefficient (Wildman–Crippen LogP) is 4.53. The van der Waals surface area contributed by atoms with Crippen molar-refractivity contribution in [2.45, 2.75) is 32.6 Å². The minimum Gasteiger partial charge on any atom is -0.420 e. The average molecular weight is 435 g/mol. The lowest BCUT2D eigenvalue weighted by Gasteiger charge is -2.36. The molecule has 7 heteroatoms. The minimum absolute atomic E-state index is 0.0858. The van der Waals surface area contributed by atoms with Gasteiger partial charge in [-0.2, -0.15) is 0 Å². The van der Waals surface area contributed by atoms with Crippen LogP contribution in [0.4, 0.5) is 4.39 Å². The first-order chi connectivity index (χ1) is 15.4. The molecule has 2 aliphatic heterocycles. The fraction of sp³-hybridized carbons (Fsp3) is 0.400. The molecule has 2 aliphatic rings. The smallest absolute Gasteiger partial charge is 0.253 e. The van der Waals surface area contributed by atoms with Crippen LogP contribution in [0.15, 0.2) is 46.9 Å². The number of aryl methyl sites for hydroxylation is 2. The summed E-state index contributed by atoms with van der Waals surface area (Å²) in [5.74, 6) is 0.403. The summed E-state index contributed by atoms with van der Waals surface area (Å²) in [6.45, 7) is 6.02. The van der Waals surface area contributed by atoms with Gasteiger partial charge in [-0.1, -0.05) is 23.8 Å². The molecular weight excluding hydrogens is 409 g/mol. The molecule has 166 valence electrons. The normalized spacial score (nSPS) is 20.1. The van der Waals surface area contributed by atoms with Crippen molar-refractivity contribution >= 4 is 5.91 Å². The lowest BCUT2D eigenvalue weighted by atomic mass is 9.72. The second-order valence-corrected chi connectivity index (χ2v) is 8.99. The van der Waals surface area contributed by atoms with E-state index in [1.807, 2.05) is 31.2 Å². The molecule has 1 amide bonds. The van der Waals surface area contributed by atoms with Gasteiger partial charge in [-0.25, -0.2) is 4.39 Å². The molecule has 0 radical (unpaired) electrons. The summed E-state index contributed by atoms with van der Waals surface area (Å²) < 4.78 is 25.8. The third-order valence-electron chi connectivity index (χ3n) is 6.88. The number of ether oxygens (including phenoxy) is 1. The quantitative estimate of drug-likeness (QED) is 0.605. The second-order valence-electron chi connectivity index (χ2n) is 8.99. The predicted molar refractivity (Wildman–Crippen MR) is 117 cm³/mol. The van der Waals surface area contributed by atoms with E-state index in [2.05, 4.69) is 10.2 Å². The van der Waals surface area contributed by atoms with Gasteiger partial charge >= 0.3 is 0 Å². The van der Waals surface area contributed by atoms with Gasteiger partial charge in [0, 0.05) is 42.8 Å². The second kappa shape index (κ2) is 8.13. The lowest BCUT2D eigenvalue weighted by Crippen LogP contribution is -2.37. The molecule has 2 aromatic carbocycles. The van der Waals surface area contributed by atoms with E-state index in [1.54, 1.807) is 24.0 Å². The third-order valence-corrected chi connectivity index (χ3v) is 6.88. The number of likely N-dealkylation sites (tertiary alicyclic amines) is 1. The fourth-order valence-electron chi connectivity index (χ4n) is 4.84. The molecule has 6 nitrogen and oxygen atoms in total. The van der Waals surface area contributed by atoms with E-state index < -0.39 is 0 Å². The molecule has 0 N–H and O–H groups in total. The van der Waals surface area contributed by atoms with Crippen molar-refractivity contribution in [3.05, 3.63) is 70.9 Å². The molecule has 32 heavy (non-hydrogen) atoms. The van der Waals surface area contributed by atoms with Crippen molar-refractivity contribution in [3.8, 4) is 11.5 Å². The fourth-order valence-corrected chi connectivity index (χ4v) is 4.84. The summed E-state index contributed by atoms with van der Waals surface area (Å²) in [5, 5.41) is 8.67. The van der Waals surface area contributed by atoms with Gasteiger partial charge in [0.05, 0.1) is 5.92 Å². The Morgan fingerprint density at radius 1 is 1.09 bits per heavy atom. The summed E-state index contributed by atoms with van der Waals surface area (Å²) in [6, 6.07) is 12.6. The molecule has 1 aromatic heterocycles. The van der Waals surface area contributed by atoms with Gasteiger partial charge in [-0.15, -0.1) is 10.2 Å². The van der Waals surface area contributed by atoms with Gasteiger partial charge in [-0.3, -0.25) is 4.79 Å². The molecule has 3 aromatic rings. The highest BCUT2D eigenvalue weighted by molar-refractivity contribution is 5.94. The Morgan fingerprint density at radius 3 is 2.56 bits per heavy atom. The Hall–Kier alpha value is -3.06.